The van der Waals surface area contributed by atoms with Gasteiger partial charge in [-0.3, -0.25) is 14.5 Å². The summed E-state index contributed by atoms with van der Waals surface area (Å²) < 4.78 is 4.76. The Labute approximate surface area is 111 Å². The predicted molar refractivity (Wildman–Crippen MR) is 68.4 cm³/mol. The first-order valence-corrected chi connectivity index (χ1v) is 6.20. The second-order valence-electron chi connectivity index (χ2n) is 4.72. The van der Waals surface area contributed by atoms with E-state index in [1.54, 1.807) is 0 Å². The fourth-order valence-corrected chi connectivity index (χ4v) is 2.46. The smallest absolute Gasteiger partial charge is 0.323 e. The van der Waals surface area contributed by atoms with Crippen molar-refractivity contribution in [2.45, 2.75) is 19.0 Å². The Balaban J connectivity index is 2.11. The van der Waals surface area contributed by atoms with Crippen LogP contribution in [0.2, 0.25) is 0 Å². The van der Waals surface area contributed by atoms with Crippen LogP contribution in [0.25, 0.3) is 0 Å². The van der Waals surface area contributed by atoms with E-state index < -0.39 is 17.9 Å². The summed E-state index contributed by atoms with van der Waals surface area (Å²) in [5.74, 6) is -1.73. The van der Waals surface area contributed by atoms with Crippen molar-refractivity contribution < 1.29 is 19.4 Å². The molecule has 0 radical (unpaired) electrons. The number of carboxylic acids is 1. The molecule has 1 aromatic carbocycles. The van der Waals surface area contributed by atoms with Gasteiger partial charge in [0, 0.05) is 13.1 Å². The maximum Gasteiger partial charge on any atom is 0.323 e. The zero-order valence-electron chi connectivity index (χ0n) is 10.8. The van der Waals surface area contributed by atoms with E-state index in [0.717, 1.165) is 5.56 Å². The highest BCUT2D eigenvalue weighted by molar-refractivity contribution is 5.79. The molecule has 2 atom stereocenters. The highest BCUT2D eigenvalue weighted by atomic mass is 16.5. The topological polar surface area (TPSA) is 66.8 Å². The lowest BCUT2D eigenvalue weighted by molar-refractivity contribution is -0.146. The van der Waals surface area contributed by atoms with E-state index in [4.69, 9.17) is 9.84 Å². The summed E-state index contributed by atoms with van der Waals surface area (Å²) >= 11 is 0. The van der Waals surface area contributed by atoms with Crippen LogP contribution in [-0.2, 0) is 20.9 Å². The first-order chi connectivity index (χ1) is 9.11. The molecule has 1 heterocycles. The molecule has 1 aliphatic rings. The maximum atomic E-state index is 11.7. The van der Waals surface area contributed by atoms with Gasteiger partial charge in [0.05, 0.1) is 13.0 Å². The van der Waals surface area contributed by atoms with E-state index in [1.165, 1.54) is 7.11 Å². The van der Waals surface area contributed by atoms with E-state index in [0.29, 0.717) is 19.5 Å². The van der Waals surface area contributed by atoms with Crippen LogP contribution in [0.3, 0.4) is 0 Å². The van der Waals surface area contributed by atoms with Crippen LogP contribution in [0.4, 0.5) is 0 Å². The zero-order chi connectivity index (χ0) is 13.8. The number of rotatable bonds is 4. The molecule has 5 nitrogen and oxygen atoms in total. The molecule has 1 saturated heterocycles. The summed E-state index contributed by atoms with van der Waals surface area (Å²) in [6, 6.07) is 9.22. The third kappa shape index (κ3) is 3.12. The van der Waals surface area contributed by atoms with Crippen molar-refractivity contribution in [1.82, 2.24) is 4.90 Å². The minimum Gasteiger partial charge on any atom is -0.481 e. The Morgan fingerprint density at radius 2 is 2.05 bits per heavy atom. The number of likely N-dealkylation sites (tertiary alicyclic amines) is 1. The number of ether oxygens (including phenoxy) is 1. The summed E-state index contributed by atoms with van der Waals surface area (Å²) in [5.41, 5.74) is 1.06. The van der Waals surface area contributed by atoms with E-state index in [1.807, 2.05) is 35.2 Å². The summed E-state index contributed by atoms with van der Waals surface area (Å²) in [6.45, 7) is 0.939. The summed E-state index contributed by atoms with van der Waals surface area (Å²) in [6.07, 6.45) is 0.314. The van der Waals surface area contributed by atoms with Gasteiger partial charge in [-0.2, -0.15) is 0 Å². The Hall–Kier alpha value is -1.88. The van der Waals surface area contributed by atoms with Crippen LogP contribution in [0, 0.1) is 5.92 Å². The molecule has 1 N–H and O–H groups in total. The third-order valence-corrected chi connectivity index (χ3v) is 3.45. The number of hydrogen-bond donors (Lipinski definition) is 1. The van der Waals surface area contributed by atoms with Gasteiger partial charge >= 0.3 is 11.9 Å². The van der Waals surface area contributed by atoms with Crippen molar-refractivity contribution in [3.63, 3.8) is 0 Å². The van der Waals surface area contributed by atoms with Gasteiger partial charge < -0.3 is 9.84 Å². The van der Waals surface area contributed by atoms with Gasteiger partial charge in [0.15, 0.2) is 0 Å². The highest BCUT2D eigenvalue weighted by Gasteiger charge is 2.40. The van der Waals surface area contributed by atoms with Gasteiger partial charge in [-0.25, -0.2) is 0 Å². The average molecular weight is 263 g/mol. The number of aliphatic carboxylic acids is 1. The number of carboxylic acid groups (broad SMARTS) is 1. The van der Waals surface area contributed by atoms with Gasteiger partial charge in [0.25, 0.3) is 0 Å². The van der Waals surface area contributed by atoms with Crippen LogP contribution in [-0.4, -0.2) is 41.6 Å². The van der Waals surface area contributed by atoms with Gasteiger partial charge in [-0.05, 0) is 12.0 Å². The van der Waals surface area contributed by atoms with Gasteiger partial charge in [0.1, 0.15) is 6.04 Å². The van der Waals surface area contributed by atoms with E-state index in [2.05, 4.69) is 0 Å². The fraction of sp³-hybridized carbons (Fsp3) is 0.429. The van der Waals surface area contributed by atoms with Gasteiger partial charge in [0.2, 0.25) is 0 Å². The predicted octanol–water partition coefficient (Wildman–Crippen LogP) is 1.13. The lowest BCUT2D eigenvalue weighted by Gasteiger charge is -2.22. The largest absolute Gasteiger partial charge is 0.481 e. The van der Waals surface area contributed by atoms with Crippen LogP contribution in [0.15, 0.2) is 30.3 Å². The number of benzene rings is 1. The van der Waals surface area contributed by atoms with Crippen LogP contribution in [0.1, 0.15) is 12.0 Å². The monoisotopic (exact) mass is 263 g/mol. The molecule has 0 spiro atoms. The second-order valence-corrected chi connectivity index (χ2v) is 4.72. The Morgan fingerprint density at radius 1 is 1.37 bits per heavy atom. The first kappa shape index (κ1) is 13.5. The minimum atomic E-state index is -0.857. The number of nitrogens with zero attached hydrogens (tertiary/aromatic N) is 1. The molecule has 0 saturated carbocycles. The molecule has 0 aromatic heterocycles. The zero-order valence-corrected chi connectivity index (χ0v) is 10.8. The lowest BCUT2D eigenvalue weighted by Crippen LogP contribution is -2.36. The van der Waals surface area contributed by atoms with Crippen molar-refractivity contribution in [1.29, 1.82) is 0 Å². The molecule has 0 amide bonds. The SMILES string of the molecule is COC(=O)[C@@H]1C[C@@H](C(=O)O)CN1Cc1ccccc1. The molecule has 0 unspecified atom stereocenters. The number of methoxy groups -OCH3 is 1. The van der Waals surface area contributed by atoms with Crippen LogP contribution < -0.4 is 0 Å². The van der Waals surface area contributed by atoms with E-state index >= 15 is 0 Å². The molecule has 1 aromatic rings. The molecule has 2 rings (SSSR count). The second kappa shape index (κ2) is 5.84. The van der Waals surface area contributed by atoms with Gasteiger partial charge in [-0.15, -0.1) is 0 Å². The Kier molecular flexibility index (Phi) is 4.16. The van der Waals surface area contributed by atoms with E-state index in [-0.39, 0.29) is 5.97 Å². The number of esters is 1. The standard InChI is InChI=1S/C14H17NO4/c1-19-14(18)12-7-11(13(16)17)9-15(12)8-10-5-3-2-4-6-10/h2-6,11-12H,7-9H2,1H3,(H,16,17)/t11-,12+/m1/s1. The van der Waals surface area contributed by atoms with Crippen molar-refractivity contribution >= 4 is 11.9 Å². The molecule has 0 bridgehead atoms. The normalized spacial score (nSPS) is 23.2. The molecule has 1 fully saturated rings. The molecule has 5 heteroatoms. The van der Waals surface area contributed by atoms with Crippen molar-refractivity contribution in [3.8, 4) is 0 Å². The van der Waals surface area contributed by atoms with Crippen molar-refractivity contribution in [3.05, 3.63) is 35.9 Å². The number of hydrogen-bond acceptors (Lipinski definition) is 4. The summed E-state index contributed by atoms with van der Waals surface area (Å²) in [4.78, 5) is 24.7. The molecule has 102 valence electrons. The summed E-state index contributed by atoms with van der Waals surface area (Å²) in [5, 5.41) is 9.09. The molecular formula is C14H17NO4. The minimum absolute atomic E-state index is 0.314. The van der Waals surface area contributed by atoms with E-state index in [9.17, 15) is 9.59 Å². The molecule has 19 heavy (non-hydrogen) atoms. The first-order valence-electron chi connectivity index (χ1n) is 6.20. The Bertz CT molecular complexity index is 460. The molecule has 0 aliphatic carbocycles. The van der Waals surface area contributed by atoms with Crippen molar-refractivity contribution in [2.75, 3.05) is 13.7 Å². The average Bonchev–Trinajstić information content (AvgIpc) is 2.83. The quantitative estimate of drug-likeness (QED) is 0.825. The number of carbonyl (C=O) groups excluding carboxylic acids is 1. The maximum absolute atomic E-state index is 11.7. The number of carbonyl (C=O) groups is 2. The van der Waals surface area contributed by atoms with Crippen LogP contribution in [0.5, 0.6) is 0 Å². The molecule has 1 aliphatic heterocycles. The third-order valence-electron chi connectivity index (χ3n) is 3.45. The van der Waals surface area contributed by atoms with Gasteiger partial charge in [-0.1, -0.05) is 30.3 Å². The highest BCUT2D eigenvalue weighted by Crippen LogP contribution is 2.26. The summed E-state index contributed by atoms with van der Waals surface area (Å²) in [7, 11) is 1.33. The van der Waals surface area contributed by atoms with Crippen LogP contribution >= 0.6 is 0 Å². The fourth-order valence-electron chi connectivity index (χ4n) is 2.46. The van der Waals surface area contributed by atoms with Crippen molar-refractivity contribution in [2.24, 2.45) is 5.92 Å². The Morgan fingerprint density at radius 3 is 2.63 bits per heavy atom. The molecular weight excluding hydrogens is 246 g/mol. The lowest BCUT2D eigenvalue weighted by atomic mass is 10.1.